The number of aryl methyl sites for hydroxylation is 1. The maximum Gasteiger partial charge on any atom is 0.165 e. The SMILES string of the molecule is N#Cc1c(N=Cc2ccc(Sc3ccc(Cl)cc3)o2)sc2c1CCCC2. The average molecular weight is 399 g/mol. The number of hydrogen-bond donors (Lipinski definition) is 0. The highest BCUT2D eigenvalue weighted by molar-refractivity contribution is 7.99. The first kappa shape index (κ1) is 17.4. The zero-order valence-corrected chi connectivity index (χ0v) is 16.3. The lowest BCUT2D eigenvalue weighted by Gasteiger charge is -2.09. The van der Waals surface area contributed by atoms with Crippen molar-refractivity contribution in [3.8, 4) is 6.07 Å². The number of rotatable bonds is 4. The van der Waals surface area contributed by atoms with Gasteiger partial charge in [-0.2, -0.15) is 5.26 Å². The topological polar surface area (TPSA) is 49.3 Å². The van der Waals surface area contributed by atoms with Crippen molar-refractivity contribution >= 4 is 45.9 Å². The maximum atomic E-state index is 9.49. The van der Waals surface area contributed by atoms with Gasteiger partial charge in [-0.05, 0) is 67.6 Å². The average Bonchev–Trinajstić information content (AvgIpc) is 3.25. The predicted molar refractivity (Wildman–Crippen MR) is 107 cm³/mol. The smallest absolute Gasteiger partial charge is 0.165 e. The molecule has 1 aliphatic carbocycles. The number of benzene rings is 1. The predicted octanol–water partition coefficient (Wildman–Crippen LogP) is 6.65. The summed E-state index contributed by atoms with van der Waals surface area (Å²) in [7, 11) is 0. The van der Waals surface area contributed by atoms with Crippen LogP contribution in [0.25, 0.3) is 0 Å². The normalized spacial score (nSPS) is 13.7. The van der Waals surface area contributed by atoms with E-state index in [-0.39, 0.29) is 0 Å². The van der Waals surface area contributed by atoms with Gasteiger partial charge < -0.3 is 4.42 Å². The minimum absolute atomic E-state index is 0.678. The van der Waals surface area contributed by atoms with Crippen LogP contribution in [0.1, 0.15) is 34.6 Å². The molecule has 0 N–H and O–H groups in total. The van der Waals surface area contributed by atoms with Crippen LogP contribution in [0.5, 0.6) is 0 Å². The van der Waals surface area contributed by atoms with Gasteiger partial charge in [-0.15, -0.1) is 11.3 Å². The molecule has 6 heteroatoms. The second kappa shape index (κ2) is 7.71. The van der Waals surface area contributed by atoms with Crippen LogP contribution in [0.4, 0.5) is 5.00 Å². The molecule has 0 aliphatic heterocycles. The van der Waals surface area contributed by atoms with Gasteiger partial charge in [-0.1, -0.05) is 23.4 Å². The summed E-state index contributed by atoms with van der Waals surface area (Å²) in [5.41, 5.74) is 1.94. The van der Waals surface area contributed by atoms with E-state index in [2.05, 4.69) is 11.1 Å². The molecule has 2 aromatic heterocycles. The number of halogens is 1. The van der Waals surface area contributed by atoms with Gasteiger partial charge in [0.05, 0.1) is 11.8 Å². The molecule has 1 aliphatic rings. The zero-order chi connectivity index (χ0) is 17.9. The molecule has 2 heterocycles. The summed E-state index contributed by atoms with van der Waals surface area (Å²) in [6.45, 7) is 0. The Balaban J connectivity index is 1.51. The third-order valence-corrected chi connectivity index (χ3v) is 6.59. The van der Waals surface area contributed by atoms with E-state index < -0.39 is 0 Å². The van der Waals surface area contributed by atoms with Crippen LogP contribution in [0.3, 0.4) is 0 Å². The first-order valence-electron chi connectivity index (χ1n) is 8.35. The molecular weight excluding hydrogens is 384 g/mol. The molecule has 0 radical (unpaired) electrons. The molecule has 130 valence electrons. The Morgan fingerprint density at radius 3 is 2.77 bits per heavy atom. The fourth-order valence-corrected chi connectivity index (χ4v) is 5.05. The molecule has 0 bridgehead atoms. The molecule has 1 aromatic carbocycles. The quantitative estimate of drug-likeness (QED) is 0.462. The van der Waals surface area contributed by atoms with E-state index in [1.54, 1.807) is 17.6 Å². The third-order valence-electron chi connectivity index (χ3n) is 4.21. The van der Waals surface area contributed by atoms with Gasteiger partial charge in [0.1, 0.15) is 16.8 Å². The zero-order valence-electron chi connectivity index (χ0n) is 13.9. The molecule has 0 fully saturated rings. The number of hydrogen-bond acceptors (Lipinski definition) is 5. The molecule has 0 saturated carbocycles. The highest BCUT2D eigenvalue weighted by Gasteiger charge is 2.20. The summed E-state index contributed by atoms with van der Waals surface area (Å²) < 4.78 is 5.82. The van der Waals surface area contributed by atoms with Gasteiger partial charge in [0.25, 0.3) is 0 Å². The number of nitrogens with zero attached hydrogens (tertiary/aromatic N) is 2. The van der Waals surface area contributed by atoms with E-state index >= 15 is 0 Å². The maximum absolute atomic E-state index is 9.49. The number of nitriles is 1. The Labute approximate surface area is 165 Å². The van der Waals surface area contributed by atoms with Crippen LogP contribution in [-0.4, -0.2) is 6.21 Å². The number of fused-ring (bicyclic) bond motifs is 1. The lowest BCUT2D eigenvalue weighted by Crippen LogP contribution is -1.99. The van der Waals surface area contributed by atoms with Gasteiger partial charge in [-0.25, -0.2) is 4.99 Å². The van der Waals surface area contributed by atoms with Crippen molar-refractivity contribution in [1.29, 1.82) is 5.26 Å². The third kappa shape index (κ3) is 3.73. The second-order valence-corrected chi connectivity index (χ2v) is 8.57. The van der Waals surface area contributed by atoms with Crippen molar-refractivity contribution in [2.24, 2.45) is 4.99 Å². The summed E-state index contributed by atoms with van der Waals surface area (Å²) in [5.74, 6) is 0.678. The first-order valence-corrected chi connectivity index (χ1v) is 10.4. The van der Waals surface area contributed by atoms with Gasteiger partial charge in [0, 0.05) is 14.8 Å². The lowest BCUT2D eigenvalue weighted by atomic mass is 9.96. The number of furan rings is 1. The Hall–Kier alpha value is -2.00. The van der Waals surface area contributed by atoms with Crippen LogP contribution in [0.2, 0.25) is 5.02 Å². The molecule has 0 atom stereocenters. The molecule has 0 spiro atoms. The highest BCUT2D eigenvalue weighted by Crippen LogP contribution is 2.39. The Bertz CT molecular complexity index is 996. The summed E-state index contributed by atoms with van der Waals surface area (Å²) >= 11 is 9.08. The van der Waals surface area contributed by atoms with Crippen molar-refractivity contribution in [1.82, 2.24) is 0 Å². The Kier molecular flexibility index (Phi) is 5.16. The second-order valence-electron chi connectivity index (χ2n) is 5.97. The van der Waals surface area contributed by atoms with Crippen LogP contribution >= 0.6 is 34.7 Å². The molecule has 0 saturated heterocycles. The summed E-state index contributed by atoms with van der Waals surface area (Å²) in [5, 5.41) is 11.8. The van der Waals surface area contributed by atoms with Gasteiger partial charge in [-0.3, -0.25) is 0 Å². The highest BCUT2D eigenvalue weighted by atomic mass is 35.5. The van der Waals surface area contributed by atoms with Gasteiger partial charge >= 0.3 is 0 Å². The van der Waals surface area contributed by atoms with Gasteiger partial charge in [0.15, 0.2) is 5.09 Å². The molecule has 3 nitrogen and oxygen atoms in total. The van der Waals surface area contributed by atoms with E-state index in [0.29, 0.717) is 10.8 Å². The van der Waals surface area contributed by atoms with Crippen molar-refractivity contribution in [3.05, 3.63) is 63.2 Å². The van der Waals surface area contributed by atoms with Crippen LogP contribution < -0.4 is 0 Å². The molecule has 4 rings (SSSR count). The van der Waals surface area contributed by atoms with Gasteiger partial charge in [0.2, 0.25) is 0 Å². The fraction of sp³-hybridized carbons (Fsp3) is 0.200. The van der Waals surface area contributed by atoms with Crippen molar-refractivity contribution in [2.45, 2.75) is 35.7 Å². The molecule has 3 aromatic rings. The summed E-state index contributed by atoms with van der Waals surface area (Å²) in [6.07, 6.45) is 6.11. The Morgan fingerprint density at radius 1 is 1.15 bits per heavy atom. The first-order chi connectivity index (χ1) is 12.7. The molecule has 0 amide bonds. The standard InChI is InChI=1S/C20H15ClN2OS2/c21-13-5-8-15(9-6-13)25-19-10-7-14(24-19)12-23-20-17(11-22)16-3-1-2-4-18(16)26-20/h5-10,12H,1-4H2. The van der Waals surface area contributed by atoms with E-state index in [9.17, 15) is 5.26 Å². The minimum atomic E-state index is 0.678. The fourth-order valence-electron chi connectivity index (χ4n) is 2.96. The summed E-state index contributed by atoms with van der Waals surface area (Å²) in [6, 6.07) is 13.8. The number of thiophene rings is 1. The van der Waals surface area contributed by atoms with Crippen molar-refractivity contribution in [3.63, 3.8) is 0 Å². The van der Waals surface area contributed by atoms with Crippen LogP contribution in [-0.2, 0) is 12.8 Å². The molecule has 26 heavy (non-hydrogen) atoms. The van der Waals surface area contributed by atoms with Crippen LogP contribution in [0, 0.1) is 11.3 Å². The van der Waals surface area contributed by atoms with Crippen molar-refractivity contribution < 1.29 is 4.42 Å². The minimum Gasteiger partial charge on any atom is -0.449 e. The summed E-state index contributed by atoms with van der Waals surface area (Å²) in [4.78, 5) is 6.91. The lowest BCUT2D eigenvalue weighted by molar-refractivity contribution is 0.469. The van der Waals surface area contributed by atoms with Crippen molar-refractivity contribution in [2.75, 3.05) is 0 Å². The van der Waals surface area contributed by atoms with E-state index in [4.69, 9.17) is 16.0 Å². The Morgan fingerprint density at radius 2 is 1.96 bits per heavy atom. The van der Waals surface area contributed by atoms with E-state index in [1.165, 1.54) is 28.6 Å². The number of aliphatic imine (C=N–C) groups is 1. The largest absolute Gasteiger partial charge is 0.449 e. The molecule has 0 unspecified atom stereocenters. The monoisotopic (exact) mass is 398 g/mol. The van der Waals surface area contributed by atoms with Crippen LogP contribution in [0.15, 0.2) is 55.8 Å². The van der Waals surface area contributed by atoms with E-state index in [1.807, 2.05) is 36.4 Å². The van der Waals surface area contributed by atoms with E-state index in [0.717, 1.165) is 39.8 Å². The molecular formula is C20H15ClN2OS2.